The number of benzene rings is 1. The maximum atomic E-state index is 12.7. The number of thiophene rings is 1. The number of aromatic nitrogens is 2. The first kappa shape index (κ1) is 18.2. The second-order valence-corrected chi connectivity index (χ2v) is 7.37. The minimum atomic E-state index is 0.0137. The van der Waals surface area contributed by atoms with E-state index >= 15 is 0 Å². The molecule has 0 saturated carbocycles. The molecule has 0 unspecified atom stereocenters. The Morgan fingerprint density at radius 2 is 2.00 bits per heavy atom. The highest BCUT2D eigenvalue weighted by atomic mass is 32.1. The van der Waals surface area contributed by atoms with Crippen molar-refractivity contribution in [1.29, 1.82) is 0 Å². The smallest absolute Gasteiger partial charge is 0.263 e. The zero-order valence-corrected chi connectivity index (χ0v) is 16.3. The molecule has 0 fully saturated rings. The monoisotopic (exact) mass is 369 g/mol. The lowest BCUT2D eigenvalue weighted by Crippen LogP contribution is -2.25. The van der Waals surface area contributed by atoms with E-state index in [1.54, 1.807) is 4.90 Å². The van der Waals surface area contributed by atoms with Gasteiger partial charge in [0.1, 0.15) is 12.4 Å². The van der Waals surface area contributed by atoms with Gasteiger partial charge in [-0.2, -0.15) is 5.10 Å². The quantitative estimate of drug-likeness (QED) is 0.661. The fourth-order valence-electron chi connectivity index (χ4n) is 2.58. The molecular weight excluding hydrogens is 346 g/mol. The van der Waals surface area contributed by atoms with Crippen LogP contribution in [0.4, 0.5) is 0 Å². The molecule has 0 aliphatic rings. The summed E-state index contributed by atoms with van der Waals surface area (Å²) in [6.07, 6.45) is 1.81. The number of aryl methyl sites for hydroxylation is 2. The Balaban J connectivity index is 1.60. The van der Waals surface area contributed by atoms with Gasteiger partial charge in [0.2, 0.25) is 0 Å². The summed E-state index contributed by atoms with van der Waals surface area (Å²) < 4.78 is 7.60. The summed E-state index contributed by atoms with van der Waals surface area (Å²) in [4.78, 5) is 15.1. The molecule has 0 bridgehead atoms. The number of rotatable bonds is 6. The molecule has 0 N–H and O–H groups in total. The number of hydrogen-bond acceptors (Lipinski definition) is 4. The fraction of sp³-hybridized carbons (Fsp3) is 0.300. The van der Waals surface area contributed by atoms with Crippen LogP contribution in [0.25, 0.3) is 0 Å². The van der Waals surface area contributed by atoms with Crippen LogP contribution in [0.1, 0.15) is 32.1 Å². The summed E-state index contributed by atoms with van der Waals surface area (Å²) in [6, 6.07) is 9.87. The van der Waals surface area contributed by atoms with E-state index in [1.165, 1.54) is 16.9 Å². The van der Waals surface area contributed by atoms with E-state index in [0.29, 0.717) is 13.2 Å². The van der Waals surface area contributed by atoms with Crippen LogP contribution >= 0.6 is 11.3 Å². The minimum absolute atomic E-state index is 0.0137. The van der Waals surface area contributed by atoms with Gasteiger partial charge >= 0.3 is 0 Å². The second kappa shape index (κ2) is 7.74. The van der Waals surface area contributed by atoms with Crippen LogP contribution < -0.4 is 4.74 Å². The zero-order valence-electron chi connectivity index (χ0n) is 15.5. The van der Waals surface area contributed by atoms with Gasteiger partial charge in [0, 0.05) is 37.5 Å². The largest absolute Gasteiger partial charge is 0.489 e. The van der Waals surface area contributed by atoms with Crippen LogP contribution in [-0.4, -0.2) is 27.6 Å². The van der Waals surface area contributed by atoms with Gasteiger partial charge in [-0.1, -0.05) is 17.7 Å². The van der Waals surface area contributed by atoms with E-state index in [-0.39, 0.29) is 5.91 Å². The average Bonchev–Trinajstić information content (AvgIpc) is 3.23. The third-order valence-corrected chi connectivity index (χ3v) is 5.35. The Morgan fingerprint density at radius 1 is 1.27 bits per heavy atom. The van der Waals surface area contributed by atoms with Crippen LogP contribution in [0.3, 0.4) is 0 Å². The van der Waals surface area contributed by atoms with E-state index in [0.717, 1.165) is 27.4 Å². The number of carbonyl (C=O) groups excluding carboxylic acids is 1. The first-order chi connectivity index (χ1) is 12.4. The van der Waals surface area contributed by atoms with Crippen molar-refractivity contribution in [2.75, 3.05) is 7.05 Å². The highest BCUT2D eigenvalue weighted by molar-refractivity contribution is 7.12. The van der Waals surface area contributed by atoms with Crippen LogP contribution in [0, 0.1) is 13.8 Å². The zero-order chi connectivity index (χ0) is 18.7. The van der Waals surface area contributed by atoms with Crippen LogP contribution in [0.5, 0.6) is 5.75 Å². The number of amides is 1. The van der Waals surface area contributed by atoms with Gasteiger partial charge in [-0.25, -0.2) is 0 Å². The van der Waals surface area contributed by atoms with E-state index in [2.05, 4.69) is 5.10 Å². The summed E-state index contributed by atoms with van der Waals surface area (Å²) in [5.74, 6) is 0.846. The maximum Gasteiger partial charge on any atom is 0.263 e. The normalized spacial score (nSPS) is 10.8. The van der Waals surface area contributed by atoms with Gasteiger partial charge < -0.3 is 9.64 Å². The van der Waals surface area contributed by atoms with Crippen molar-refractivity contribution < 1.29 is 9.53 Å². The molecule has 2 aromatic heterocycles. The fourth-order valence-corrected chi connectivity index (χ4v) is 3.47. The molecule has 0 aliphatic carbocycles. The Bertz CT molecular complexity index is 896. The summed E-state index contributed by atoms with van der Waals surface area (Å²) in [6.45, 7) is 5.06. The van der Waals surface area contributed by atoms with E-state index < -0.39 is 0 Å². The number of hydrogen-bond donors (Lipinski definition) is 0. The molecule has 3 rings (SSSR count). The molecular formula is C20H23N3O2S. The van der Waals surface area contributed by atoms with Gasteiger partial charge in [0.05, 0.1) is 11.1 Å². The summed E-state index contributed by atoms with van der Waals surface area (Å²) in [5.41, 5.74) is 4.34. The molecule has 0 atom stereocenters. The average molecular weight is 369 g/mol. The van der Waals surface area contributed by atoms with Crippen LogP contribution in [0.2, 0.25) is 0 Å². The molecule has 5 nitrogen and oxygen atoms in total. The number of nitrogens with zero attached hydrogens (tertiary/aromatic N) is 3. The van der Waals surface area contributed by atoms with Gasteiger partial charge in [-0.3, -0.25) is 9.48 Å². The highest BCUT2D eigenvalue weighted by Crippen LogP contribution is 2.20. The molecule has 3 aromatic rings. The molecule has 2 heterocycles. The summed E-state index contributed by atoms with van der Waals surface area (Å²) in [7, 11) is 3.72. The lowest BCUT2D eigenvalue weighted by Gasteiger charge is -2.15. The highest BCUT2D eigenvalue weighted by Gasteiger charge is 2.16. The SMILES string of the molecule is Cc1ccc(OCc2csc(C(=O)N(C)Cc3cnn(C)c3C)c2)cc1. The summed E-state index contributed by atoms with van der Waals surface area (Å²) in [5, 5.41) is 6.21. The predicted molar refractivity (Wildman–Crippen MR) is 104 cm³/mol. The lowest BCUT2D eigenvalue weighted by molar-refractivity contribution is 0.0789. The van der Waals surface area contributed by atoms with Crippen molar-refractivity contribution >= 4 is 17.2 Å². The third kappa shape index (κ3) is 4.14. The molecule has 6 heteroatoms. The predicted octanol–water partition coefficient (Wildman–Crippen LogP) is 3.95. The molecule has 0 aliphatic heterocycles. The van der Waals surface area contributed by atoms with Crippen molar-refractivity contribution in [1.82, 2.24) is 14.7 Å². The van der Waals surface area contributed by atoms with Gasteiger partial charge in [-0.05, 0) is 37.4 Å². The molecule has 136 valence electrons. The molecule has 1 amide bonds. The molecule has 0 spiro atoms. The van der Waals surface area contributed by atoms with Crippen molar-refractivity contribution in [3.63, 3.8) is 0 Å². The Labute approximate surface area is 157 Å². The topological polar surface area (TPSA) is 47.4 Å². The van der Waals surface area contributed by atoms with E-state index in [4.69, 9.17) is 4.74 Å². The first-order valence-corrected chi connectivity index (χ1v) is 9.32. The maximum absolute atomic E-state index is 12.7. The molecule has 0 radical (unpaired) electrons. The first-order valence-electron chi connectivity index (χ1n) is 8.44. The lowest BCUT2D eigenvalue weighted by atomic mass is 10.2. The van der Waals surface area contributed by atoms with Crippen molar-refractivity contribution in [3.8, 4) is 5.75 Å². The number of carbonyl (C=O) groups is 1. The Hall–Kier alpha value is -2.60. The summed E-state index contributed by atoms with van der Waals surface area (Å²) >= 11 is 1.45. The molecule has 26 heavy (non-hydrogen) atoms. The second-order valence-electron chi connectivity index (χ2n) is 6.46. The van der Waals surface area contributed by atoms with Crippen molar-refractivity contribution in [2.45, 2.75) is 27.0 Å². The van der Waals surface area contributed by atoms with Gasteiger partial charge in [0.25, 0.3) is 5.91 Å². The minimum Gasteiger partial charge on any atom is -0.489 e. The van der Waals surface area contributed by atoms with Gasteiger partial charge in [0.15, 0.2) is 0 Å². The third-order valence-electron chi connectivity index (χ3n) is 4.38. The molecule has 1 aromatic carbocycles. The Kier molecular flexibility index (Phi) is 5.42. The number of ether oxygens (including phenoxy) is 1. The van der Waals surface area contributed by atoms with Crippen LogP contribution in [0.15, 0.2) is 41.9 Å². The van der Waals surface area contributed by atoms with Crippen molar-refractivity contribution in [2.24, 2.45) is 7.05 Å². The Morgan fingerprint density at radius 3 is 2.65 bits per heavy atom. The van der Waals surface area contributed by atoms with Crippen LogP contribution in [-0.2, 0) is 20.2 Å². The van der Waals surface area contributed by atoms with Gasteiger partial charge in [-0.15, -0.1) is 11.3 Å². The van der Waals surface area contributed by atoms with E-state index in [9.17, 15) is 4.79 Å². The molecule has 0 saturated heterocycles. The van der Waals surface area contributed by atoms with Crippen molar-refractivity contribution in [3.05, 3.63) is 69.2 Å². The standard InChI is InChI=1S/C20H23N3O2S/c1-14-5-7-18(8-6-14)25-12-16-9-19(26-13-16)20(24)22(3)11-17-10-21-23(4)15(17)2/h5-10,13H,11-12H2,1-4H3. The van der Waals surface area contributed by atoms with E-state index in [1.807, 2.05) is 74.5 Å².